The third-order valence-corrected chi connectivity index (χ3v) is 4.50. The summed E-state index contributed by atoms with van der Waals surface area (Å²) in [6.45, 7) is 3.98. The predicted molar refractivity (Wildman–Crippen MR) is 135 cm³/mol. The molecule has 0 saturated heterocycles. The van der Waals surface area contributed by atoms with Gasteiger partial charge in [-0.3, -0.25) is 10.6 Å². The lowest BCUT2D eigenvalue weighted by Crippen LogP contribution is -2.16. The Kier molecular flexibility index (Phi) is 8.82. The molecule has 0 fully saturated rings. The Balaban J connectivity index is 0.000000191. The van der Waals surface area contributed by atoms with Crippen LogP contribution in [0.2, 0.25) is 0 Å². The molecule has 0 heterocycles. The van der Waals surface area contributed by atoms with E-state index in [0.29, 0.717) is 11.5 Å². The van der Waals surface area contributed by atoms with Gasteiger partial charge in [0.2, 0.25) is 0 Å². The third kappa shape index (κ3) is 8.51. The lowest BCUT2D eigenvalue weighted by molar-refractivity contribution is 0.214. The molecule has 4 aromatic carbocycles. The number of hydrogen-bond donors (Lipinski definition) is 2. The smallest absolute Gasteiger partial charge is 0.410 e. The summed E-state index contributed by atoms with van der Waals surface area (Å²) in [4.78, 5) is 23.1. The van der Waals surface area contributed by atoms with E-state index in [0.717, 1.165) is 22.5 Å². The molecule has 0 aliphatic carbocycles. The van der Waals surface area contributed by atoms with Crippen molar-refractivity contribution >= 4 is 23.6 Å². The van der Waals surface area contributed by atoms with Crippen LogP contribution in [-0.4, -0.2) is 12.2 Å². The highest BCUT2D eigenvalue weighted by Gasteiger charge is 2.05. The first-order valence-electron chi connectivity index (χ1n) is 10.7. The van der Waals surface area contributed by atoms with Gasteiger partial charge in [-0.2, -0.15) is 0 Å². The van der Waals surface area contributed by atoms with Crippen LogP contribution in [0, 0.1) is 13.8 Å². The first-order valence-corrected chi connectivity index (χ1v) is 10.7. The lowest BCUT2D eigenvalue weighted by atomic mass is 10.2. The molecule has 34 heavy (non-hydrogen) atoms. The minimum Gasteiger partial charge on any atom is -0.410 e. The van der Waals surface area contributed by atoms with E-state index >= 15 is 0 Å². The molecule has 0 spiro atoms. The molecule has 6 nitrogen and oxygen atoms in total. The second-order valence-electron chi connectivity index (χ2n) is 7.39. The molecule has 6 heteroatoms. The molecule has 0 aliphatic rings. The molecule has 2 N–H and O–H groups in total. The molecule has 0 aromatic heterocycles. The Hall–Kier alpha value is -4.58. The average molecular weight is 455 g/mol. The minimum absolute atomic E-state index is 0.486. The van der Waals surface area contributed by atoms with Crippen molar-refractivity contribution in [2.75, 3.05) is 10.6 Å². The van der Waals surface area contributed by atoms with E-state index in [1.165, 1.54) is 0 Å². The molecule has 0 aliphatic heterocycles. The van der Waals surface area contributed by atoms with E-state index in [1.807, 2.05) is 98.8 Å². The van der Waals surface area contributed by atoms with Gasteiger partial charge in [0.1, 0.15) is 11.5 Å². The molecule has 0 saturated carbocycles. The molecule has 0 bridgehead atoms. The van der Waals surface area contributed by atoms with Gasteiger partial charge in [-0.1, -0.05) is 71.8 Å². The van der Waals surface area contributed by atoms with Crippen LogP contribution in [0.25, 0.3) is 0 Å². The van der Waals surface area contributed by atoms with Crippen molar-refractivity contribution in [1.82, 2.24) is 0 Å². The maximum absolute atomic E-state index is 11.5. The van der Waals surface area contributed by atoms with E-state index in [4.69, 9.17) is 9.47 Å². The number of carbonyl (C=O) groups excluding carboxylic acids is 2. The molecule has 4 aromatic rings. The zero-order valence-corrected chi connectivity index (χ0v) is 19.0. The van der Waals surface area contributed by atoms with Gasteiger partial charge >= 0.3 is 12.2 Å². The maximum atomic E-state index is 11.5. The number of amides is 2. The second kappa shape index (κ2) is 12.5. The largest absolute Gasteiger partial charge is 0.417 e. The zero-order chi connectivity index (χ0) is 24.2. The van der Waals surface area contributed by atoms with Gasteiger partial charge in [-0.15, -0.1) is 0 Å². The molecule has 172 valence electrons. The summed E-state index contributed by atoms with van der Waals surface area (Å²) in [5.41, 5.74) is 3.73. The van der Waals surface area contributed by atoms with Crippen LogP contribution in [0.5, 0.6) is 11.5 Å². The number of carbonyl (C=O) groups is 2. The Bertz CT molecular complexity index is 1080. The van der Waals surface area contributed by atoms with Crippen molar-refractivity contribution < 1.29 is 19.1 Å². The molecular formula is C28H26N2O4. The van der Waals surface area contributed by atoms with E-state index in [9.17, 15) is 9.59 Å². The van der Waals surface area contributed by atoms with Crippen molar-refractivity contribution in [3.8, 4) is 11.5 Å². The standard InChI is InChI=1S/2C14H13NO2/c2*1-11-7-9-12(10-8-11)15-14(16)17-13-5-3-2-4-6-13/h2*2-10H,1H3,(H,15,16). The number of rotatable bonds is 4. The summed E-state index contributed by atoms with van der Waals surface area (Å²) in [5, 5.41) is 5.31. The van der Waals surface area contributed by atoms with Crippen LogP contribution in [0.3, 0.4) is 0 Å². The Morgan fingerprint density at radius 3 is 1.15 bits per heavy atom. The van der Waals surface area contributed by atoms with Crippen LogP contribution in [0.4, 0.5) is 21.0 Å². The Labute approximate surface area is 199 Å². The monoisotopic (exact) mass is 454 g/mol. The number of benzene rings is 4. The van der Waals surface area contributed by atoms with Gasteiger partial charge in [0.15, 0.2) is 0 Å². The summed E-state index contributed by atoms with van der Waals surface area (Å²) in [6, 6.07) is 33.0. The summed E-state index contributed by atoms with van der Waals surface area (Å²) in [5.74, 6) is 1.05. The average Bonchev–Trinajstić information content (AvgIpc) is 2.84. The number of nitrogens with one attached hydrogen (secondary N) is 2. The SMILES string of the molecule is Cc1ccc(NC(=O)Oc2ccccc2)cc1.Cc1ccc(NC(=O)Oc2ccccc2)cc1. The van der Waals surface area contributed by atoms with Crippen molar-refractivity contribution in [3.05, 3.63) is 120 Å². The summed E-state index contributed by atoms with van der Waals surface area (Å²) >= 11 is 0. The van der Waals surface area contributed by atoms with Crippen LogP contribution in [-0.2, 0) is 0 Å². The van der Waals surface area contributed by atoms with E-state index in [-0.39, 0.29) is 0 Å². The first-order chi connectivity index (χ1) is 16.5. The topological polar surface area (TPSA) is 76.7 Å². The van der Waals surface area contributed by atoms with Crippen molar-refractivity contribution in [2.24, 2.45) is 0 Å². The second-order valence-corrected chi connectivity index (χ2v) is 7.39. The van der Waals surface area contributed by atoms with Crippen LogP contribution < -0.4 is 20.1 Å². The van der Waals surface area contributed by atoms with E-state index < -0.39 is 12.2 Å². The number of ether oxygens (including phenoxy) is 2. The summed E-state index contributed by atoms with van der Waals surface area (Å²) in [6.07, 6.45) is -0.972. The molecule has 4 rings (SSSR count). The number of aryl methyl sites for hydroxylation is 2. The number of para-hydroxylation sites is 2. The van der Waals surface area contributed by atoms with Crippen molar-refractivity contribution in [2.45, 2.75) is 13.8 Å². The first kappa shape index (κ1) is 24.1. The highest BCUT2D eigenvalue weighted by molar-refractivity contribution is 5.86. The summed E-state index contributed by atoms with van der Waals surface area (Å²) in [7, 11) is 0. The van der Waals surface area contributed by atoms with Gasteiger partial charge in [0.05, 0.1) is 0 Å². The molecule has 2 amide bonds. The molecular weight excluding hydrogens is 428 g/mol. The van der Waals surface area contributed by atoms with E-state index in [2.05, 4.69) is 10.6 Å². The van der Waals surface area contributed by atoms with Crippen LogP contribution in [0.15, 0.2) is 109 Å². The fourth-order valence-corrected chi connectivity index (χ4v) is 2.75. The van der Waals surface area contributed by atoms with Gasteiger partial charge in [-0.25, -0.2) is 9.59 Å². The normalized spacial score (nSPS) is 9.71. The summed E-state index contributed by atoms with van der Waals surface area (Å²) < 4.78 is 10.2. The third-order valence-electron chi connectivity index (χ3n) is 4.50. The quantitative estimate of drug-likeness (QED) is 0.341. The highest BCUT2D eigenvalue weighted by atomic mass is 16.6. The van der Waals surface area contributed by atoms with Crippen LogP contribution >= 0.6 is 0 Å². The van der Waals surface area contributed by atoms with E-state index in [1.54, 1.807) is 24.3 Å². The van der Waals surface area contributed by atoms with Gasteiger partial charge in [0, 0.05) is 11.4 Å². The van der Waals surface area contributed by atoms with Gasteiger partial charge in [-0.05, 0) is 62.4 Å². The van der Waals surface area contributed by atoms with Gasteiger partial charge < -0.3 is 9.47 Å². The fraction of sp³-hybridized carbons (Fsp3) is 0.0714. The lowest BCUT2D eigenvalue weighted by Gasteiger charge is -2.06. The minimum atomic E-state index is -0.486. The van der Waals surface area contributed by atoms with Crippen molar-refractivity contribution in [3.63, 3.8) is 0 Å². The van der Waals surface area contributed by atoms with Gasteiger partial charge in [0.25, 0.3) is 0 Å². The number of anilines is 2. The van der Waals surface area contributed by atoms with Crippen LogP contribution in [0.1, 0.15) is 11.1 Å². The predicted octanol–water partition coefficient (Wildman–Crippen LogP) is 7.21. The molecule has 0 atom stereocenters. The molecule has 0 radical (unpaired) electrons. The maximum Gasteiger partial charge on any atom is 0.417 e. The number of hydrogen-bond acceptors (Lipinski definition) is 4. The Morgan fingerprint density at radius 2 is 0.824 bits per heavy atom. The van der Waals surface area contributed by atoms with Crippen molar-refractivity contribution in [1.29, 1.82) is 0 Å². The zero-order valence-electron chi connectivity index (χ0n) is 19.0. The highest BCUT2D eigenvalue weighted by Crippen LogP contribution is 2.13. The Morgan fingerprint density at radius 1 is 0.500 bits per heavy atom. The molecule has 0 unspecified atom stereocenters. The fourth-order valence-electron chi connectivity index (χ4n) is 2.75.